The molecule has 0 N–H and O–H groups in total. The molecule has 2 aromatic heterocycles. The van der Waals surface area contributed by atoms with Gasteiger partial charge in [0.05, 0.1) is 26.5 Å². The number of hydrogen-bond donors (Lipinski definition) is 0. The molecule has 0 atom stereocenters. The van der Waals surface area contributed by atoms with E-state index in [0.29, 0.717) is 22.4 Å². The highest BCUT2D eigenvalue weighted by Crippen LogP contribution is 2.23. The summed E-state index contributed by atoms with van der Waals surface area (Å²) in [6.45, 7) is 0. The standard InChI is InChI=1S/C8H8ClN3O2/c1-13-6-3-7(14-2)12-8(11-6)5(9)4-10-12/h3-4H,1-2H3. The van der Waals surface area contributed by atoms with Crippen molar-refractivity contribution in [1.29, 1.82) is 0 Å². The molecule has 0 amide bonds. The van der Waals surface area contributed by atoms with Crippen LogP contribution in [0.15, 0.2) is 12.3 Å². The molecule has 6 heteroatoms. The van der Waals surface area contributed by atoms with Gasteiger partial charge in [-0.3, -0.25) is 0 Å². The first kappa shape index (κ1) is 9.08. The van der Waals surface area contributed by atoms with Gasteiger partial charge in [0, 0.05) is 0 Å². The highest BCUT2D eigenvalue weighted by molar-refractivity contribution is 6.33. The Morgan fingerprint density at radius 1 is 1.36 bits per heavy atom. The van der Waals surface area contributed by atoms with Crippen molar-refractivity contribution in [3.05, 3.63) is 17.3 Å². The number of rotatable bonds is 2. The van der Waals surface area contributed by atoms with Crippen molar-refractivity contribution in [2.24, 2.45) is 0 Å². The van der Waals surface area contributed by atoms with Gasteiger partial charge in [0.15, 0.2) is 5.65 Å². The molecule has 2 heterocycles. The summed E-state index contributed by atoms with van der Waals surface area (Å²) in [4.78, 5) is 4.13. The van der Waals surface area contributed by atoms with Gasteiger partial charge in [-0.25, -0.2) is 0 Å². The summed E-state index contributed by atoms with van der Waals surface area (Å²) in [5.74, 6) is 0.968. The molecule has 0 aliphatic rings. The number of ether oxygens (including phenoxy) is 2. The van der Waals surface area contributed by atoms with E-state index in [1.807, 2.05) is 0 Å². The molecule has 0 aliphatic carbocycles. The Morgan fingerprint density at radius 2 is 2.14 bits per heavy atom. The number of fused-ring (bicyclic) bond motifs is 1. The third kappa shape index (κ3) is 1.26. The highest BCUT2D eigenvalue weighted by atomic mass is 35.5. The Morgan fingerprint density at radius 3 is 2.79 bits per heavy atom. The second kappa shape index (κ2) is 3.34. The molecule has 2 aromatic rings. The van der Waals surface area contributed by atoms with Gasteiger partial charge in [0.2, 0.25) is 11.8 Å². The smallest absolute Gasteiger partial charge is 0.221 e. The van der Waals surface area contributed by atoms with Crippen LogP contribution in [0.3, 0.4) is 0 Å². The van der Waals surface area contributed by atoms with E-state index in [0.717, 1.165) is 0 Å². The summed E-state index contributed by atoms with van der Waals surface area (Å²) in [5, 5.41) is 4.47. The Labute approximate surface area is 85.2 Å². The molecule has 0 saturated carbocycles. The van der Waals surface area contributed by atoms with E-state index in [2.05, 4.69) is 10.1 Å². The van der Waals surface area contributed by atoms with Crippen LogP contribution in [0.5, 0.6) is 11.8 Å². The SMILES string of the molecule is COc1cc(OC)n2ncc(Cl)c2n1. The van der Waals surface area contributed by atoms with Crippen molar-refractivity contribution in [3.8, 4) is 11.8 Å². The van der Waals surface area contributed by atoms with Crippen molar-refractivity contribution in [3.63, 3.8) is 0 Å². The average Bonchev–Trinajstić information content (AvgIpc) is 2.59. The van der Waals surface area contributed by atoms with Crippen LogP contribution in [0.2, 0.25) is 5.02 Å². The summed E-state index contributed by atoms with van der Waals surface area (Å²) >= 11 is 5.87. The lowest BCUT2D eigenvalue weighted by molar-refractivity contribution is 0.365. The fraction of sp³-hybridized carbons (Fsp3) is 0.250. The topological polar surface area (TPSA) is 48.7 Å². The Bertz CT molecular complexity index is 469. The number of methoxy groups -OCH3 is 2. The minimum absolute atomic E-state index is 0.441. The van der Waals surface area contributed by atoms with Crippen LogP contribution in [-0.2, 0) is 0 Å². The van der Waals surface area contributed by atoms with Crippen molar-refractivity contribution >= 4 is 17.2 Å². The third-order valence-electron chi connectivity index (χ3n) is 1.79. The van der Waals surface area contributed by atoms with Gasteiger partial charge in [0.1, 0.15) is 5.02 Å². The molecule has 5 nitrogen and oxygen atoms in total. The van der Waals surface area contributed by atoms with E-state index in [9.17, 15) is 0 Å². The zero-order valence-electron chi connectivity index (χ0n) is 7.69. The molecule has 0 radical (unpaired) electrons. The first-order chi connectivity index (χ1) is 6.76. The molecular weight excluding hydrogens is 206 g/mol. The molecule has 2 rings (SSSR count). The molecule has 74 valence electrons. The summed E-state index contributed by atoms with van der Waals surface area (Å²) in [6, 6.07) is 1.64. The number of nitrogens with zero attached hydrogens (tertiary/aromatic N) is 3. The number of hydrogen-bond acceptors (Lipinski definition) is 4. The predicted octanol–water partition coefficient (Wildman–Crippen LogP) is 1.40. The molecule has 0 aliphatic heterocycles. The molecule has 0 aromatic carbocycles. The lowest BCUT2D eigenvalue weighted by atomic mass is 10.5. The van der Waals surface area contributed by atoms with Crippen LogP contribution in [-0.4, -0.2) is 28.8 Å². The van der Waals surface area contributed by atoms with E-state index in [1.54, 1.807) is 13.2 Å². The Balaban J connectivity index is 2.76. The Hall–Kier alpha value is -1.49. The van der Waals surface area contributed by atoms with Gasteiger partial charge in [-0.2, -0.15) is 14.6 Å². The lowest BCUT2D eigenvalue weighted by Crippen LogP contribution is -1.99. The minimum Gasteiger partial charge on any atom is -0.481 e. The second-order valence-corrected chi connectivity index (χ2v) is 2.98. The third-order valence-corrected chi connectivity index (χ3v) is 2.06. The van der Waals surface area contributed by atoms with Crippen LogP contribution in [0.1, 0.15) is 0 Å². The normalized spacial score (nSPS) is 10.5. The maximum atomic E-state index is 5.87. The summed E-state index contributed by atoms with van der Waals surface area (Å²) in [7, 11) is 3.08. The quantitative estimate of drug-likeness (QED) is 0.757. The largest absolute Gasteiger partial charge is 0.481 e. The zero-order chi connectivity index (χ0) is 10.1. The predicted molar refractivity (Wildman–Crippen MR) is 51.1 cm³/mol. The van der Waals surface area contributed by atoms with Crippen molar-refractivity contribution in [1.82, 2.24) is 14.6 Å². The van der Waals surface area contributed by atoms with Gasteiger partial charge in [0.25, 0.3) is 0 Å². The van der Waals surface area contributed by atoms with Gasteiger partial charge in [-0.15, -0.1) is 0 Å². The summed E-state index contributed by atoms with van der Waals surface area (Å²) in [6.07, 6.45) is 1.51. The minimum atomic E-state index is 0.441. The number of aromatic nitrogens is 3. The van der Waals surface area contributed by atoms with E-state index < -0.39 is 0 Å². The first-order valence-electron chi connectivity index (χ1n) is 3.88. The van der Waals surface area contributed by atoms with E-state index >= 15 is 0 Å². The van der Waals surface area contributed by atoms with Crippen LogP contribution in [0.25, 0.3) is 5.65 Å². The number of halogens is 1. The molecule has 0 spiro atoms. The van der Waals surface area contributed by atoms with Crippen molar-refractivity contribution in [2.75, 3.05) is 14.2 Å². The Kier molecular flexibility index (Phi) is 2.17. The van der Waals surface area contributed by atoms with E-state index in [1.165, 1.54) is 17.8 Å². The van der Waals surface area contributed by atoms with Gasteiger partial charge in [-0.05, 0) is 0 Å². The molecule has 0 saturated heterocycles. The van der Waals surface area contributed by atoms with Crippen LogP contribution in [0.4, 0.5) is 0 Å². The van der Waals surface area contributed by atoms with Gasteiger partial charge >= 0.3 is 0 Å². The summed E-state index contributed by atoms with van der Waals surface area (Å²) in [5.41, 5.74) is 0.517. The second-order valence-electron chi connectivity index (χ2n) is 2.57. The van der Waals surface area contributed by atoms with Gasteiger partial charge < -0.3 is 9.47 Å². The first-order valence-corrected chi connectivity index (χ1v) is 4.26. The zero-order valence-corrected chi connectivity index (χ0v) is 8.45. The average molecular weight is 214 g/mol. The fourth-order valence-electron chi connectivity index (χ4n) is 1.14. The lowest BCUT2D eigenvalue weighted by Gasteiger charge is -2.04. The van der Waals surface area contributed by atoms with Crippen molar-refractivity contribution < 1.29 is 9.47 Å². The van der Waals surface area contributed by atoms with Crippen molar-refractivity contribution in [2.45, 2.75) is 0 Å². The van der Waals surface area contributed by atoms with Crippen LogP contribution >= 0.6 is 11.6 Å². The van der Waals surface area contributed by atoms with Gasteiger partial charge in [-0.1, -0.05) is 11.6 Å². The fourth-order valence-corrected chi connectivity index (χ4v) is 1.30. The van der Waals surface area contributed by atoms with E-state index in [4.69, 9.17) is 21.1 Å². The molecular formula is C8H8ClN3O2. The van der Waals surface area contributed by atoms with Crippen LogP contribution in [0, 0.1) is 0 Å². The van der Waals surface area contributed by atoms with Crippen LogP contribution < -0.4 is 9.47 Å². The molecule has 0 bridgehead atoms. The molecule has 14 heavy (non-hydrogen) atoms. The highest BCUT2D eigenvalue weighted by Gasteiger charge is 2.10. The summed E-state index contributed by atoms with van der Waals surface area (Å²) < 4.78 is 11.6. The monoisotopic (exact) mass is 213 g/mol. The molecule has 0 unspecified atom stereocenters. The van der Waals surface area contributed by atoms with E-state index in [-0.39, 0.29) is 0 Å². The molecule has 0 fully saturated rings. The maximum Gasteiger partial charge on any atom is 0.221 e. The maximum absolute atomic E-state index is 5.87.